The summed E-state index contributed by atoms with van der Waals surface area (Å²) in [6.07, 6.45) is 1.32. The van der Waals surface area contributed by atoms with Gasteiger partial charge in [0.1, 0.15) is 6.54 Å². The maximum absolute atomic E-state index is 11.9. The summed E-state index contributed by atoms with van der Waals surface area (Å²) in [5.74, 6) is -1.07. The minimum Gasteiger partial charge on any atom is -0.464 e. The summed E-state index contributed by atoms with van der Waals surface area (Å²) in [5.41, 5.74) is 1.03. The van der Waals surface area contributed by atoms with Crippen LogP contribution >= 0.6 is 0 Å². The molecule has 0 bridgehead atoms. The predicted molar refractivity (Wildman–Crippen MR) is 76.4 cm³/mol. The quantitative estimate of drug-likeness (QED) is 0.650. The largest absolute Gasteiger partial charge is 0.464 e. The molecule has 0 saturated heterocycles. The third-order valence-electron chi connectivity index (χ3n) is 2.79. The van der Waals surface area contributed by atoms with Gasteiger partial charge in [-0.1, -0.05) is 17.3 Å². The number of nitrogens with zero attached hydrogens (tertiary/aromatic N) is 3. The van der Waals surface area contributed by atoms with E-state index in [4.69, 9.17) is 0 Å². The van der Waals surface area contributed by atoms with Gasteiger partial charge >= 0.3 is 5.97 Å². The number of anilines is 1. The van der Waals surface area contributed by atoms with Crippen molar-refractivity contribution in [3.8, 4) is 0 Å². The number of esters is 1. The fourth-order valence-electron chi connectivity index (χ4n) is 1.74. The molecule has 0 unspecified atom stereocenters. The molecular formula is C14H14N4O4. The van der Waals surface area contributed by atoms with E-state index in [1.54, 1.807) is 24.3 Å². The molecule has 2 aromatic rings. The molecule has 0 aliphatic rings. The number of ketones is 1. The Morgan fingerprint density at radius 2 is 2.09 bits per heavy atom. The van der Waals surface area contributed by atoms with Gasteiger partial charge in [-0.15, -0.1) is 5.10 Å². The van der Waals surface area contributed by atoms with Crippen molar-refractivity contribution in [3.63, 3.8) is 0 Å². The van der Waals surface area contributed by atoms with Gasteiger partial charge in [0.05, 0.1) is 13.3 Å². The summed E-state index contributed by atoms with van der Waals surface area (Å²) in [6.45, 7) is 1.33. The van der Waals surface area contributed by atoms with E-state index in [0.29, 0.717) is 11.3 Å². The Kier molecular flexibility index (Phi) is 4.62. The third kappa shape index (κ3) is 3.75. The molecule has 1 aromatic heterocycles. The zero-order valence-corrected chi connectivity index (χ0v) is 12.1. The standard InChI is InChI=1S/C14H14N4O4/c1-9(19)10-4-3-5-11(6-10)15-13(20)8-18-7-12(16-17-18)14(21)22-2/h3-7H,8H2,1-2H3,(H,15,20). The number of nitrogens with one attached hydrogen (secondary N) is 1. The first-order valence-corrected chi connectivity index (χ1v) is 6.39. The number of carbonyl (C=O) groups excluding carboxylic acids is 3. The molecule has 0 spiro atoms. The number of carbonyl (C=O) groups is 3. The van der Waals surface area contributed by atoms with E-state index in [2.05, 4.69) is 20.4 Å². The van der Waals surface area contributed by atoms with E-state index < -0.39 is 5.97 Å². The lowest BCUT2D eigenvalue weighted by Gasteiger charge is -2.06. The molecular weight excluding hydrogens is 288 g/mol. The Bertz CT molecular complexity index is 723. The van der Waals surface area contributed by atoms with E-state index in [1.165, 1.54) is 24.9 Å². The lowest BCUT2D eigenvalue weighted by atomic mass is 10.1. The highest BCUT2D eigenvalue weighted by atomic mass is 16.5. The van der Waals surface area contributed by atoms with Crippen LogP contribution in [0.4, 0.5) is 5.69 Å². The van der Waals surface area contributed by atoms with Crippen LogP contribution in [0.15, 0.2) is 30.5 Å². The van der Waals surface area contributed by atoms with Crippen LogP contribution in [-0.2, 0) is 16.1 Å². The second kappa shape index (κ2) is 6.61. The lowest BCUT2D eigenvalue weighted by Crippen LogP contribution is -2.19. The Hall–Kier alpha value is -3.03. The van der Waals surface area contributed by atoms with Crippen LogP contribution in [0.5, 0.6) is 0 Å². The highest BCUT2D eigenvalue weighted by Gasteiger charge is 2.12. The number of methoxy groups -OCH3 is 1. The van der Waals surface area contributed by atoms with Crippen LogP contribution in [0.25, 0.3) is 0 Å². The summed E-state index contributed by atoms with van der Waals surface area (Å²) < 4.78 is 5.72. The minimum atomic E-state index is -0.624. The topological polar surface area (TPSA) is 103 Å². The first-order valence-electron chi connectivity index (χ1n) is 6.39. The molecule has 1 amide bonds. The maximum Gasteiger partial charge on any atom is 0.360 e. The van der Waals surface area contributed by atoms with Crippen LogP contribution in [0.3, 0.4) is 0 Å². The molecule has 0 radical (unpaired) electrons. The number of rotatable bonds is 5. The van der Waals surface area contributed by atoms with Crippen LogP contribution in [0.1, 0.15) is 27.8 Å². The van der Waals surface area contributed by atoms with Gasteiger partial charge < -0.3 is 10.1 Å². The summed E-state index contributed by atoms with van der Waals surface area (Å²) >= 11 is 0. The Labute approximate surface area is 126 Å². The van der Waals surface area contributed by atoms with E-state index in [1.807, 2.05) is 0 Å². The zero-order valence-electron chi connectivity index (χ0n) is 12.1. The smallest absolute Gasteiger partial charge is 0.360 e. The number of hydrogen-bond acceptors (Lipinski definition) is 6. The molecule has 2 rings (SSSR count). The first-order chi connectivity index (χ1) is 10.5. The summed E-state index contributed by atoms with van der Waals surface area (Å²) in [7, 11) is 1.23. The van der Waals surface area contributed by atoms with Crippen molar-refractivity contribution < 1.29 is 19.1 Å². The molecule has 8 heteroatoms. The second-order valence-electron chi connectivity index (χ2n) is 4.48. The summed E-state index contributed by atoms with van der Waals surface area (Å²) in [5, 5.41) is 9.90. The Morgan fingerprint density at radius 1 is 1.32 bits per heavy atom. The monoisotopic (exact) mass is 302 g/mol. The van der Waals surface area contributed by atoms with Crippen molar-refractivity contribution in [1.29, 1.82) is 0 Å². The Morgan fingerprint density at radius 3 is 2.77 bits per heavy atom. The average molecular weight is 302 g/mol. The molecule has 8 nitrogen and oxygen atoms in total. The molecule has 0 fully saturated rings. The van der Waals surface area contributed by atoms with Crippen molar-refractivity contribution in [2.24, 2.45) is 0 Å². The van der Waals surface area contributed by atoms with E-state index in [-0.39, 0.29) is 23.9 Å². The number of amides is 1. The van der Waals surface area contributed by atoms with Crippen molar-refractivity contribution in [3.05, 3.63) is 41.7 Å². The normalized spacial score (nSPS) is 10.1. The van der Waals surface area contributed by atoms with Gasteiger partial charge in [-0.2, -0.15) is 0 Å². The molecule has 1 aromatic carbocycles. The molecule has 0 aliphatic heterocycles. The molecule has 0 saturated carbocycles. The minimum absolute atomic E-state index is 0.0221. The SMILES string of the molecule is COC(=O)c1cn(CC(=O)Nc2cccc(C(C)=O)c2)nn1. The van der Waals surface area contributed by atoms with Crippen LogP contribution in [-0.4, -0.2) is 39.8 Å². The third-order valence-corrected chi connectivity index (χ3v) is 2.79. The predicted octanol–water partition coefficient (Wildman–Crippen LogP) is 0.906. The van der Waals surface area contributed by atoms with Gasteiger partial charge in [0.25, 0.3) is 0 Å². The van der Waals surface area contributed by atoms with Gasteiger partial charge in [0.2, 0.25) is 5.91 Å². The maximum atomic E-state index is 11.9. The van der Waals surface area contributed by atoms with Crippen LogP contribution in [0.2, 0.25) is 0 Å². The molecule has 0 atom stereocenters. The Balaban J connectivity index is 2.01. The summed E-state index contributed by atoms with van der Waals surface area (Å²) in [4.78, 5) is 34.4. The lowest BCUT2D eigenvalue weighted by molar-refractivity contribution is -0.116. The average Bonchev–Trinajstić information content (AvgIpc) is 2.95. The van der Waals surface area contributed by atoms with E-state index >= 15 is 0 Å². The van der Waals surface area contributed by atoms with Gasteiger partial charge in [-0.3, -0.25) is 9.59 Å². The molecule has 114 valence electrons. The van der Waals surface area contributed by atoms with E-state index in [0.717, 1.165) is 0 Å². The van der Waals surface area contributed by atoms with Gasteiger partial charge in [0.15, 0.2) is 11.5 Å². The van der Waals surface area contributed by atoms with Crippen molar-refractivity contribution >= 4 is 23.3 Å². The molecule has 22 heavy (non-hydrogen) atoms. The first kappa shape index (κ1) is 15.4. The van der Waals surface area contributed by atoms with Gasteiger partial charge in [-0.05, 0) is 19.1 Å². The second-order valence-corrected chi connectivity index (χ2v) is 4.48. The summed E-state index contributed by atoms with van der Waals surface area (Å²) in [6, 6.07) is 6.60. The molecule has 1 heterocycles. The fourth-order valence-corrected chi connectivity index (χ4v) is 1.74. The number of Topliss-reactive ketones (excluding diaryl/α,β-unsaturated/α-hetero) is 1. The van der Waals surface area contributed by atoms with Crippen molar-refractivity contribution in [2.75, 3.05) is 12.4 Å². The van der Waals surface area contributed by atoms with E-state index in [9.17, 15) is 14.4 Å². The highest BCUT2D eigenvalue weighted by Crippen LogP contribution is 2.11. The van der Waals surface area contributed by atoms with Gasteiger partial charge in [0, 0.05) is 11.3 Å². The van der Waals surface area contributed by atoms with Crippen molar-refractivity contribution in [1.82, 2.24) is 15.0 Å². The number of aromatic nitrogens is 3. The molecule has 1 N–H and O–H groups in total. The zero-order chi connectivity index (χ0) is 16.1. The highest BCUT2D eigenvalue weighted by molar-refractivity contribution is 5.97. The fraction of sp³-hybridized carbons (Fsp3) is 0.214. The van der Waals surface area contributed by atoms with Gasteiger partial charge in [-0.25, -0.2) is 9.48 Å². The number of hydrogen-bond donors (Lipinski definition) is 1. The number of benzene rings is 1. The van der Waals surface area contributed by atoms with Crippen molar-refractivity contribution in [2.45, 2.75) is 13.5 Å². The van der Waals surface area contributed by atoms with Crippen LogP contribution < -0.4 is 5.32 Å². The number of ether oxygens (including phenoxy) is 1. The van der Waals surface area contributed by atoms with Crippen LogP contribution in [0, 0.1) is 0 Å². The molecule has 0 aliphatic carbocycles.